The number of aliphatic carboxylic acids is 1. The van der Waals surface area contributed by atoms with Crippen molar-refractivity contribution in [2.45, 2.75) is 38.8 Å². The van der Waals surface area contributed by atoms with Crippen LogP contribution in [0.15, 0.2) is 48.7 Å². The minimum Gasteiger partial charge on any atom is -0.497 e. The van der Waals surface area contributed by atoms with Crippen LogP contribution in [0.4, 0.5) is 8.78 Å². The number of benzene rings is 2. The Morgan fingerprint density at radius 3 is 2.84 bits per heavy atom. The van der Waals surface area contributed by atoms with E-state index in [0.29, 0.717) is 53.9 Å². The molecule has 3 atom stereocenters. The SMILES string of the molecule is COc1ccc2nccc(C(F)CC[C@@H]3CCN(CC#Cc4ccc(C)c(F)c4)C[C@@H]3CC(=O)O)c2c1. The fraction of sp³-hybridized carbons (Fsp3) is 0.400. The highest BCUT2D eigenvalue weighted by Gasteiger charge is 2.31. The lowest BCUT2D eigenvalue weighted by atomic mass is 9.79. The molecular formula is C30H32F2N2O3. The molecule has 1 aliphatic heterocycles. The first kappa shape index (κ1) is 26.6. The summed E-state index contributed by atoms with van der Waals surface area (Å²) in [6.45, 7) is 3.56. The maximum atomic E-state index is 15.5. The van der Waals surface area contributed by atoms with Gasteiger partial charge in [-0.3, -0.25) is 14.7 Å². The minimum atomic E-state index is -1.18. The minimum absolute atomic E-state index is 0.0457. The third-order valence-electron chi connectivity index (χ3n) is 7.23. The number of halogens is 2. The largest absolute Gasteiger partial charge is 0.497 e. The van der Waals surface area contributed by atoms with Crippen LogP contribution in [0.25, 0.3) is 10.9 Å². The van der Waals surface area contributed by atoms with Crippen LogP contribution in [0.2, 0.25) is 0 Å². The molecule has 0 radical (unpaired) electrons. The van der Waals surface area contributed by atoms with E-state index in [2.05, 4.69) is 21.7 Å². The van der Waals surface area contributed by atoms with Crippen molar-refractivity contribution in [1.82, 2.24) is 9.88 Å². The molecule has 1 fully saturated rings. The van der Waals surface area contributed by atoms with E-state index in [1.165, 1.54) is 6.07 Å². The van der Waals surface area contributed by atoms with E-state index in [9.17, 15) is 14.3 Å². The van der Waals surface area contributed by atoms with Crippen molar-refractivity contribution in [3.63, 3.8) is 0 Å². The second kappa shape index (κ2) is 12.2. The van der Waals surface area contributed by atoms with Gasteiger partial charge in [0, 0.05) is 30.1 Å². The number of hydrogen-bond acceptors (Lipinski definition) is 4. The fourth-order valence-corrected chi connectivity index (χ4v) is 5.12. The standard InChI is InChI=1S/C30H32F2N2O3/c1-20-5-6-21(16-28(20)32)4-3-14-34-15-12-22(23(19-34)17-30(35)36)7-9-27(31)25-11-13-33-29-10-8-24(37-2)18-26(25)29/h5-6,8,10-11,13,16,18,22-23,27H,7,9,12,14-15,17,19H2,1-2H3,(H,35,36)/t22-,23+,27?/m1/s1. The molecule has 0 amide bonds. The van der Waals surface area contributed by atoms with Crippen molar-refractivity contribution < 1.29 is 23.4 Å². The van der Waals surface area contributed by atoms with Crippen molar-refractivity contribution in [1.29, 1.82) is 0 Å². The van der Waals surface area contributed by atoms with E-state index < -0.39 is 12.1 Å². The summed E-state index contributed by atoms with van der Waals surface area (Å²) >= 11 is 0. The van der Waals surface area contributed by atoms with Crippen LogP contribution >= 0.6 is 0 Å². The topological polar surface area (TPSA) is 62.7 Å². The first-order valence-corrected chi connectivity index (χ1v) is 12.6. The van der Waals surface area contributed by atoms with Gasteiger partial charge in [-0.2, -0.15) is 0 Å². The molecular weight excluding hydrogens is 474 g/mol. The normalized spacial score (nSPS) is 18.7. The maximum absolute atomic E-state index is 15.5. The van der Waals surface area contributed by atoms with Crippen molar-refractivity contribution in [2.24, 2.45) is 11.8 Å². The zero-order valence-electron chi connectivity index (χ0n) is 21.2. The monoisotopic (exact) mass is 506 g/mol. The molecule has 5 nitrogen and oxygen atoms in total. The highest BCUT2D eigenvalue weighted by Crippen LogP contribution is 2.36. The number of ether oxygens (including phenoxy) is 1. The van der Waals surface area contributed by atoms with Crippen LogP contribution in [0.3, 0.4) is 0 Å². The number of methoxy groups -OCH3 is 1. The number of nitrogens with zero attached hydrogens (tertiary/aromatic N) is 2. The summed E-state index contributed by atoms with van der Waals surface area (Å²) in [5.74, 6) is 5.65. The van der Waals surface area contributed by atoms with Crippen LogP contribution in [-0.4, -0.2) is 47.7 Å². The van der Waals surface area contributed by atoms with Gasteiger partial charge in [-0.05, 0) is 92.1 Å². The van der Waals surface area contributed by atoms with E-state index in [-0.39, 0.29) is 24.1 Å². The number of carbonyl (C=O) groups is 1. The summed E-state index contributed by atoms with van der Waals surface area (Å²) < 4.78 is 34.5. The number of pyridine rings is 1. The molecule has 37 heavy (non-hydrogen) atoms. The zero-order valence-corrected chi connectivity index (χ0v) is 21.2. The molecule has 1 unspecified atom stereocenters. The van der Waals surface area contributed by atoms with Crippen LogP contribution in [-0.2, 0) is 4.79 Å². The predicted molar refractivity (Wildman–Crippen MR) is 140 cm³/mol. The first-order valence-electron chi connectivity index (χ1n) is 12.6. The highest BCUT2D eigenvalue weighted by atomic mass is 19.1. The summed E-state index contributed by atoms with van der Waals surface area (Å²) in [4.78, 5) is 18.0. The van der Waals surface area contributed by atoms with Crippen LogP contribution in [0, 0.1) is 36.4 Å². The van der Waals surface area contributed by atoms with E-state index in [1.54, 1.807) is 44.5 Å². The lowest BCUT2D eigenvalue weighted by Gasteiger charge is -2.37. The van der Waals surface area contributed by atoms with Gasteiger partial charge in [0.1, 0.15) is 17.7 Å². The van der Waals surface area contributed by atoms with E-state index in [4.69, 9.17) is 4.74 Å². The van der Waals surface area contributed by atoms with E-state index in [1.807, 2.05) is 12.1 Å². The van der Waals surface area contributed by atoms with Crippen molar-refractivity contribution >= 4 is 16.9 Å². The Hall–Kier alpha value is -3.50. The number of hydrogen-bond donors (Lipinski definition) is 1. The molecule has 194 valence electrons. The van der Waals surface area contributed by atoms with Gasteiger partial charge >= 0.3 is 5.97 Å². The molecule has 3 aromatic rings. The van der Waals surface area contributed by atoms with Crippen LogP contribution < -0.4 is 4.74 Å². The Morgan fingerprint density at radius 1 is 1.24 bits per heavy atom. The molecule has 2 aromatic carbocycles. The number of aromatic nitrogens is 1. The smallest absolute Gasteiger partial charge is 0.303 e. The second-order valence-corrected chi connectivity index (χ2v) is 9.74. The molecule has 0 aliphatic carbocycles. The number of fused-ring (bicyclic) bond motifs is 1. The van der Waals surface area contributed by atoms with Crippen LogP contribution in [0.5, 0.6) is 5.75 Å². The summed E-state index contributed by atoms with van der Waals surface area (Å²) in [7, 11) is 1.58. The number of carboxylic acids is 1. The third-order valence-corrected chi connectivity index (χ3v) is 7.23. The summed E-state index contributed by atoms with van der Waals surface area (Å²) in [6, 6.07) is 12.1. The lowest BCUT2D eigenvalue weighted by molar-refractivity contribution is -0.139. The van der Waals surface area contributed by atoms with E-state index >= 15 is 4.39 Å². The number of rotatable bonds is 8. The summed E-state index contributed by atoms with van der Waals surface area (Å²) in [5.41, 5.74) is 2.50. The Bertz CT molecular complexity index is 1320. The van der Waals surface area contributed by atoms with E-state index in [0.717, 1.165) is 18.4 Å². The van der Waals surface area contributed by atoms with Crippen molar-refractivity contribution in [3.05, 3.63) is 71.2 Å². The molecule has 0 spiro atoms. The lowest BCUT2D eigenvalue weighted by Crippen LogP contribution is -2.41. The molecule has 7 heteroatoms. The van der Waals surface area contributed by atoms with Gasteiger partial charge in [0.2, 0.25) is 0 Å². The molecule has 4 rings (SSSR count). The molecule has 1 aliphatic rings. The zero-order chi connectivity index (χ0) is 26.4. The Balaban J connectivity index is 1.39. The molecule has 1 saturated heterocycles. The molecule has 0 saturated carbocycles. The number of likely N-dealkylation sites (tertiary alicyclic amines) is 1. The molecule has 1 N–H and O–H groups in total. The maximum Gasteiger partial charge on any atom is 0.303 e. The van der Waals surface area contributed by atoms with Crippen molar-refractivity contribution in [2.75, 3.05) is 26.7 Å². The number of carboxylic acid groups (broad SMARTS) is 1. The average molecular weight is 507 g/mol. The molecule has 0 bridgehead atoms. The fourth-order valence-electron chi connectivity index (χ4n) is 5.12. The second-order valence-electron chi connectivity index (χ2n) is 9.74. The number of alkyl halides is 1. The molecule has 1 aromatic heterocycles. The van der Waals surface area contributed by atoms with Gasteiger partial charge in [-0.25, -0.2) is 8.78 Å². The Labute approximate surface area is 216 Å². The Kier molecular flexibility index (Phi) is 8.73. The van der Waals surface area contributed by atoms with Gasteiger partial charge in [0.25, 0.3) is 0 Å². The highest BCUT2D eigenvalue weighted by molar-refractivity contribution is 5.83. The number of aryl methyl sites for hydroxylation is 1. The average Bonchev–Trinajstić information content (AvgIpc) is 2.89. The predicted octanol–water partition coefficient (Wildman–Crippen LogP) is 5.95. The Morgan fingerprint density at radius 2 is 2.08 bits per heavy atom. The van der Waals surface area contributed by atoms with Gasteiger partial charge < -0.3 is 9.84 Å². The summed E-state index contributed by atoms with van der Waals surface area (Å²) in [6.07, 6.45) is 2.20. The quantitative estimate of drug-likeness (QED) is 0.383. The number of piperidine rings is 1. The van der Waals surface area contributed by atoms with Gasteiger partial charge in [0.15, 0.2) is 0 Å². The first-order chi connectivity index (χ1) is 17.8. The van der Waals surface area contributed by atoms with Gasteiger partial charge in [-0.15, -0.1) is 0 Å². The van der Waals surface area contributed by atoms with Gasteiger partial charge in [0.05, 0.1) is 19.2 Å². The van der Waals surface area contributed by atoms with Crippen molar-refractivity contribution in [3.8, 4) is 17.6 Å². The summed E-state index contributed by atoms with van der Waals surface area (Å²) in [5, 5.41) is 10.2. The van der Waals surface area contributed by atoms with Crippen LogP contribution in [0.1, 0.15) is 48.5 Å². The molecule has 2 heterocycles. The van der Waals surface area contributed by atoms with Gasteiger partial charge in [-0.1, -0.05) is 17.9 Å². The third kappa shape index (κ3) is 6.84.